The lowest BCUT2D eigenvalue weighted by Crippen LogP contribution is -2.37. The van der Waals surface area contributed by atoms with Gasteiger partial charge in [-0.3, -0.25) is 9.59 Å². The van der Waals surface area contributed by atoms with Gasteiger partial charge in [-0.05, 0) is 24.6 Å². The van der Waals surface area contributed by atoms with E-state index in [0.717, 1.165) is 5.56 Å². The van der Waals surface area contributed by atoms with Crippen molar-refractivity contribution in [2.24, 2.45) is 5.92 Å². The second kappa shape index (κ2) is 6.57. The van der Waals surface area contributed by atoms with E-state index in [1.165, 1.54) is 4.90 Å². The van der Waals surface area contributed by atoms with Gasteiger partial charge in [0.25, 0.3) is 0 Å². The molecule has 1 aromatic carbocycles. The molecule has 0 aliphatic heterocycles. The maximum absolute atomic E-state index is 12.0. The van der Waals surface area contributed by atoms with Crippen LogP contribution in [-0.2, 0) is 9.59 Å². The topological polar surface area (TPSA) is 57.6 Å². The molecule has 0 aliphatic carbocycles. The number of anilines is 1. The summed E-state index contributed by atoms with van der Waals surface area (Å²) in [6.07, 6.45) is 0.318. The lowest BCUT2D eigenvalue weighted by atomic mass is 10.1. The Bertz CT molecular complexity index is 488. The Morgan fingerprint density at radius 1 is 1.42 bits per heavy atom. The van der Waals surface area contributed by atoms with E-state index in [-0.39, 0.29) is 12.5 Å². The Balaban J connectivity index is 3.13. The van der Waals surface area contributed by atoms with E-state index in [1.807, 2.05) is 6.92 Å². The number of benzene rings is 1. The minimum absolute atomic E-state index is 0.113. The molecule has 1 amide bonds. The summed E-state index contributed by atoms with van der Waals surface area (Å²) in [5, 5.41) is 9.56. The summed E-state index contributed by atoms with van der Waals surface area (Å²) in [5.41, 5.74) is 1.45. The van der Waals surface area contributed by atoms with Gasteiger partial charge < -0.3 is 10.0 Å². The monoisotopic (exact) mass is 283 g/mol. The normalized spacial score (nSPS) is 12.0. The van der Waals surface area contributed by atoms with Gasteiger partial charge in [0.15, 0.2) is 0 Å². The Hall–Kier alpha value is -1.55. The summed E-state index contributed by atoms with van der Waals surface area (Å²) in [6.45, 7) is 5.29. The molecule has 0 saturated carbocycles. The lowest BCUT2D eigenvalue weighted by molar-refractivity contribution is -0.140. The van der Waals surface area contributed by atoms with Crippen molar-refractivity contribution in [3.63, 3.8) is 0 Å². The summed E-state index contributed by atoms with van der Waals surface area (Å²) in [6, 6.07) is 5.28. The van der Waals surface area contributed by atoms with Crippen molar-refractivity contribution in [2.45, 2.75) is 27.2 Å². The third-order valence-electron chi connectivity index (χ3n) is 3.01. The summed E-state index contributed by atoms with van der Waals surface area (Å²) in [4.78, 5) is 24.5. The number of amides is 1. The van der Waals surface area contributed by atoms with Gasteiger partial charge in [0.2, 0.25) is 5.91 Å². The lowest BCUT2D eigenvalue weighted by Gasteiger charge is -2.26. The molecule has 0 spiro atoms. The van der Waals surface area contributed by atoms with Crippen LogP contribution in [0.25, 0.3) is 0 Å². The van der Waals surface area contributed by atoms with E-state index in [9.17, 15) is 9.59 Å². The molecule has 0 heterocycles. The maximum Gasteiger partial charge on any atom is 0.308 e. The fourth-order valence-electron chi connectivity index (χ4n) is 1.77. The summed E-state index contributed by atoms with van der Waals surface area (Å²) in [7, 11) is 0. The summed E-state index contributed by atoms with van der Waals surface area (Å²) in [5.74, 6) is -1.67. The van der Waals surface area contributed by atoms with E-state index in [1.54, 1.807) is 32.0 Å². The number of hydrogen-bond acceptors (Lipinski definition) is 2. The van der Waals surface area contributed by atoms with Crippen molar-refractivity contribution in [2.75, 3.05) is 11.4 Å². The van der Waals surface area contributed by atoms with Crippen LogP contribution in [0.15, 0.2) is 18.2 Å². The van der Waals surface area contributed by atoms with Gasteiger partial charge in [0.05, 0.1) is 5.92 Å². The molecular formula is C14H18ClNO3. The van der Waals surface area contributed by atoms with Crippen LogP contribution in [-0.4, -0.2) is 23.5 Å². The van der Waals surface area contributed by atoms with Gasteiger partial charge in [-0.25, -0.2) is 0 Å². The number of halogens is 1. The first-order chi connectivity index (χ1) is 8.88. The fraction of sp³-hybridized carbons (Fsp3) is 0.429. The molecule has 0 aromatic heterocycles. The molecule has 1 N–H and O–H groups in total. The van der Waals surface area contributed by atoms with E-state index in [4.69, 9.17) is 16.7 Å². The minimum Gasteiger partial charge on any atom is -0.481 e. The number of rotatable bonds is 5. The number of carboxylic acid groups (broad SMARTS) is 1. The van der Waals surface area contributed by atoms with Crippen molar-refractivity contribution in [3.8, 4) is 0 Å². The third-order valence-corrected chi connectivity index (χ3v) is 3.42. The van der Waals surface area contributed by atoms with Crippen molar-refractivity contribution in [1.29, 1.82) is 0 Å². The summed E-state index contributed by atoms with van der Waals surface area (Å²) >= 11 is 6.05. The number of carboxylic acids is 1. The maximum atomic E-state index is 12.0. The zero-order valence-electron chi connectivity index (χ0n) is 11.3. The standard InChI is InChI=1S/C14H18ClNO3/c1-4-13(17)16(8-9(2)14(18)19)12-7-5-6-11(15)10(12)3/h5-7,9H,4,8H2,1-3H3,(H,18,19). The predicted molar refractivity (Wildman–Crippen MR) is 75.6 cm³/mol. The molecule has 104 valence electrons. The zero-order chi connectivity index (χ0) is 14.6. The first-order valence-corrected chi connectivity index (χ1v) is 6.54. The predicted octanol–water partition coefficient (Wildman–Crippen LogP) is 3.11. The highest BCUT2D eigenvalue weighted by atomic mass is 35.5. The number of nitrogens with zero attached hydrogens (tertiary/aromatic N) is 1. The van der Waals surface area contributed by atoms with Gasteiger partial charge in [-0.1, -0.05) is 31.5 Å². The number of aliphatic carboxylic acids is 1. The SMILES string of the molecule is CCC(=O)N(CC(C)C(=O)O)c1cccc(Cl)c1C. The fourth-order valence-corrected chi connectivity index (χ4v) is 1.94. The van der Waals surface area contributed by atoms with E-state index >= 15 is 0 Å². The highest BCUT2D eigenvalue weighted by Gasteiger charge is 2.22. The Morgan fingerprint density at radius 2 is 2.05 bits per heavy atom. The average molecular weight is 284 g/mol. The minimum atomic E-state index is -0.923. The molecule has 0 bridgehead atoms. The highest BCUT2D eigenvalue weighted by molar-refractivity contribution is 6.31. The molecule has 0 saturated heterocycles. The van der Waals surface area contributed by atoms with Crippen LogP contribution < -0.4 is 4.90 Å². The molecule has 19 heavy (non-hydrogen) atoms. The van der Waals surface area contributed by atoms with Crippen molar-refractivity contribution < 1.29 is 14.7 Å². The molecule has 1 rings (SSSR count). The van der Waals surface area contributed by atoms with Crippen LogP contribution in [0.4, 0.5) is 5.69 Å². The Kier molecular flexibility index (Phi) is 5.36. The third kappa shape index (κ3) is 3.70. The largest absolute Gasteiger partial charge is 0.481 e. The van der Waals surface area contributed by atoms with Crippen molar-refractivity contribution in [3.05, 3.63) is 28.8 Å². The van der Waals surface area contributed by atoms with E-state index in [2.05, 4.69) is 0 Å². The van der Waals surface area contributed by atoms with Crippen LogP contribution >= 0.6 is 11.6 Å². The second-order valence-corrected chi connectivity index (χ2v) is 4.89. The number of carbonyl (C=O) groups is 2. The molecule has 0 fully saturated rings. The van der Waals surface area contributed by atoms with Crippen LogP contribution in [0.5, 0.6) is 0 Å². The molecule has 1 atom stereocenters. The summed E-state index contributed by atoms with van der Waals surface area (Å²) < 4.78 is 0. The van der Waals surface area contributed by atoms with E-state index < -0.39 is 11.9 Å². The van der Waals surface area contributed by atoms with E-state index in [0.29, 0.717) is 17.1 Å². The molecular weight excluding hydrogens is 266 g/mol. The van der Waals surface area contributed by atoms with Crippen molar-refractivity contribution in [1.82, 2.24) is 0 Å². The highest BCUT2D eigenvalue weighted by Crippen LogP contribution is 2.27. The molecule has 0 radical (unpaired) electrons. The number of hydrogen-bond donors (Lipinski definition) is 1. The van der Waals surface area contributed by atoms with Gasteiger partial charge in [-0.15, -0.1) is 0 Å². The Labute approximate surface area is 118 Å². The van der Waals surface area contributed by atoms with Crippen LogP contribution in [0.1, 0.15) is 25.8 Å². The van der Waals surface area contributed by atoms with Gasteiger partial charge in [0, 0.05) is 23.7 Å². The quantitative estimate of drug-likeness (QED) is 0.903. The van der Waals surface area contributed by atoms with Gasteiger partial charge in [-0.2, -0.15) is 0 Å². The van der Waals surface area contributed by atoms with Crippen LogP contribution in [0.2, 0.25) is 5.02 Å². The van der Waals surface area contributed by atoms with Crippen LogP contribution in [0, 0.1) is 12.8 Å². The smallest absolute Gasteiger partial charge is 0.308 e. The molecule has 4 nitrogen and oxygen atoms in total. The van der Waals surface area contributed by atoms with Gasteiger partial charge >= 0.3 is 5.97 Å². The molecule has 0 aliphatic rings. The second-order valence-electron chi connectivity index (χ2n) is 4.48. The Morgan fingerprint density at radius 3 is 2.58 bits per heavy atom. The molecule has 5 heteroatoms. The molecule has 1 aromatic rings. The molecule has 1 unspecified atom stereocenters. The van der Waals surface area contributed by atoms with Crippen molar-refractivity contribution >= 4 is 29.2 Å². The first kappa shape index (κ1) is 15.5. The number of carbonyl (C=O) groups excluding carboxylic acids is 1. The zero-order valence-corrected chi connectivity index (χ0v) is 12.1. The van der Waals surface area contributed by atoms with Gasteiger partial charge in [0.1, 0.15) is 0 Å². The average Bonchev–Trinajstić information content (AvgIpc) is 2.38. The van der Waals surface area contributed by atoms with Crippen LogP contribution in [0.3, 0.4) is 0 Å². The first-order valence-electron chi connectivity index (χ1n) is 6.16.